The lowest BCUT2D eigenvalue weighted by atomic mass is 10.0. The molecule has 0 radical (unpaired) electrons. The Hall–Kier alpha value is -2.54. The number of benzene rings is 2. The zero-order chi connectivity index (χ0) is 21.6. The van der Waals surface area contributed by atoms with Crippen LogP contribution in [0.3, 0.4) is 0 Å². The average molecular weight is 463 g/mol. The number of nitrogens with one attached hydrogen (secondary N) is 2. The second-order valence-electron chi connectivity index (χ2n) is 7.60. The predicted molar refractivity (Wildman–Crippen MR) is 116 cm³/mol. The predicted octanol–water partition coefficient (Wildman–Crippen LogP) is 4.97. The zero-order valence-corrected chi connectivity index (χ0v) is 18.9. The summed E-state index contributed by atoms with van der Waals surface area (Å²) in [6, 6.07) is 12.6. The van der Waals surface area contributed by atoms with E-state index in [1.54, 1.807) is 46.1 Å². The minimum atomic E-state index is -0.581. The monoisotopic (exact) mass is 462 g/mol. The van der Waals surface area contributed by atoms with Crippen LogP contribution in [-0.2, 0) is 11.3 Å². The van der Waals surface area contributed by atoms with E-state index in [4.69, 9.17) is 9.47 Å². The Balaban J connectivity index is 2.08. The summed E-state index contributed by atoms with van der Waals surface area (Å²) in [5, 5.41) is 5.69. The Kier molecular flexibility index (Phi) is 7.67. The molecule has 0 heterocycles. The SMILES string of the molecule is COc1cc(C(C)NC(=O)c2ccccc2CNC(=O)OC(C)(C)C)ccc1Br. The van der Waals surface area contributed by atoms with E-state index < -0.39 is 11.7 Å². The van der Waals surface area contributed by atoms with Crippen molar-refractivity contribution in [2.24, 2.45) is 0 Å². The van der Waals surface area contributed by atoms with Crippen LogP contribution >= 0.6 is 15.9 Å². The zero-order valence-electron chi connectivity index (χ0n) is 17.3. The molecule has 0 saturated heterocycles. The Morgan fingerprint density at radius 2 is 1.83 bits per heavy atom. The largest absolute Gasteiger partial charge is 0.496 e. The summed E-state index contributed by atoms with van der Waals surface area (Å²) in [6.07, 6.45) is -0.525. The van der Waals surface area contributed by atoms with Gasteiger partial charge in [-0.15, -0.1) is 0 Å². The smallest absolute Gasteiger partial charge is 0.407 e. The lowest BCUT2D eigenvalue weighted by Gasteiger charge is -2.20. The van der Waals surface area contributed by atoms with Crippen LogP contribution in [0.15, 0.2) is 46.9 Å². The lowest BCUT2D eigenvalue weighted by molar-refractivity contribution is 0.0522. The molecule has 2 aromatic carbocycles. The van der Waals surface area contributed by atoms with Crippen molar-refractivity contribution in [3.8, 4) is 5.75 Å². The molecule has 156 valence electrons. The van der Waals surface area contributed by atoms with E-state index in [9.17, 15) is 9.59 Å². The molecule has 0 aliphatic carbocycles. The third-order valence-electron chi connectivity index (χ3n) is 4.11. The molecule has 1 atom stereocenters. The van der Waals surface area contributed by atoms with Crippen LogP contribution < -0.4 is 15.4 Å². The first-order valence-electron chi connectivity index (χ1n) is 9.30. The number of alkyl carbamates (subject to hydrolysis) is 1. The van der Waals surface area contributed by atoms with Gasteiger partial charge in [0.25, 0.3) is 5.91 Å². The maximum atomic E-state index is 12.8. The van der Waals surface area contributed by atoms with Crippen molar-refractivity contribution in [1.29, 1.82) is 0 Å². The number of methoxy groups -OCH3 is 1. The Bertz CT molecular complexity index is 877. The summed E-state index contributed by atoms with van der Waals surface area (Å²) in [5.41, 5.74) is 1.54. The highest BCUT2D eigenvalue weighted by molar-refractivity contribution is 9.10. The van der Waals surface area contributed by atoms with Gasteiger partial charge in [0.2, 0.25) is 0 Å². The topological polar surface area (TPSA) is 76.7 Å². The lowest BCUT2D eigenvalue weighted by Crippen LogP contribution is -2.33. The highest BCUT2D eigenvalue weighted by atomic mass is 79.9. The molecule has 0 aromatic heterocycles. The van der Waals surface area contributed by atoms with E-state index in [1.807, 2.05) is 31.2 Å². The number of amides is 2. The van der Waals surface area contributed by atoms with Crippen LogP contribution in [0.1, 0.15) is 55.2 Å². The number of hydrogen-bond donors (Lipinski definition) is 2. The number of carbonyl (C=O) groups excluding carboxylic acids is 2. The Morgan fingerprint density at radius 1 is 1.14 bits per heavy atom. The molecule has 0 spiro atoms. The Labute approximate surface area is 180 Å². The van der Waals surface area contributed by atoms with Crippen molar-refractivity contribution < 1.29 is 19.1 Å². The van der Waals surface area contributed by atoms with Crippen LogP contribution in [0.5, 0.6) is 5.75 Å². The van der Waals surface area contributed by atoms with Gasteiger partial charge in [-0.1, -0.05) is 24.3 Å². The first kappa shape index (κ1) is 22.7. The van der Waals surface area contributed by atoms with Crippen LogP contribution in [0, 0.1) is 0 Å². The molecular weight excluding hydrogens is 436 g/mol. The molecule has 0 bridgehead atoms. The van der Waals surface area contributed by atoms with Crippen molar-refractivity contribution >= 4 is 27.9 Å². The van der Waals surface area contributed by atoms with Gasteiger partial charge in [-0.05, 0) is 73.0 Å². The molecule has 0 aliphatic rings. The molecule has 0 aliphatic heterocycles. The molecule has 1 unspecified atom stereocenters. The fraction of sp³-hybridized carbons (Fsp3) is 0.364. The molecular formula is C22H27BrN2O4. The molecule has 2 aromatic rings. The van der Waals surface area contributed by atoms with Crippen molar-refractivity contribution in [3.63, 3.8) is 0 Å². The van der Waals surface area contributed by atoms with E-state index in [2.05, 4.69) is 26.6 Å². The fourth-order valence-electron chi connectivity index (χ4n) is 2.68. The number of rotatable bonds is 6. The first-order valence-corrected chi connectivity index (χ1v) is 10.1. The van der Waals surface area contributed by atoms with E-state index >= 15 is 0 Å². The van der Waals surface area contributed by atoms with Gasteiger partial charge in [-0.25, -0.2) is 4.79 Å². The van der Waals surface area contributed by atoms with Gasteiger partial charge in [0.05, 0.1) is 17.6 Å². The van der Waals surface area contributed by atoms with Crippen molar-refractivity contribution in [1.82, 2.24) is 10.6 Å². The van der Waals surface area contributed by atoms with Crippen LogP contribution in [0.4, 0.5) is 4.79 Å². The summed E-state index contributed by atoms with van der Waals surface area (Å²) in [6.45, 7) is 7.49. The highest BCUT2D eigenvalue weighted by Gasteiger charge is 2.18. The van der Waals surface area contributed by atoms with Gasteiger partial charge in [-0.2, -0.15) is 0 Å². The molecule has 2 N–H and O–H groups in total. The van der Waals surface area contributed by atoms with Gasteiger partial charge in [0.1, 0.15) is 11.4 Å². The van der Waals surface area contributed by atoms with E-state index in [0.717, 1.165) is 10.0 Å². The minimum Gasteiger partial charge on any atom is -0.496 e. The van der Waals surface area contributed by atoms with Crippen molar-refractivity contribution in [2.75, 3.05) is 7.11 Å². The van der Waals surface area contributed by atoms with Crippen LogP contribution in [0.2, 0.25) is 0 Å². The van der Waals surface area contributed by atoms with Gasteiger partial charge < -0.3 is 20.1 Å². The fourth-order valence-corrected chi connectivity index (χ4v) is 3.09. The molecule has 2 amide bonds. The van der Waals surface area contributed by atoms with Gasteiger partial charge in [-0.3, -0.25) is 4.79 Å². The van der Waals surface area contributed by atoms with Gasteiger partial charge in [0.15, 0.2) is 0 Å². The van der Waals surface area contributed by atoms with Gasteiger partial charge in [0, 0.05) is 12.1 Å². The molecule has 7 heteroatoms. The average Bonchev–Trinajstić information content (AvgIpc) is 2.65. The molecule has 6 nitrogen and oxygen atoms in total. The minimum absolute atomic E-state index is 0.193. The number of carbonyl (C=O) groups is 2. The third-order valence-corrected chi connectivity index (χ3v) is 4.76. The van der Waals surface area contributed by atoms with Crippen molar-refractivity contribution in [3.05, 3.63) is 63.6 Å². The van der Waals surface area contributed by atoms with Crippen LogP contribution in [0.25, 0.3) is 0 Å². The first-order chi connectivity index (χ1) is 13.6. The Morgan fingerprint density at radius 3 is 2.48 bits per heavy atom. The van der Waals surface area contributed by atoms with E-state index in [1.165, 1.54) is 0 Å². The number of halogens is 1. The quantitative estimate of drug-likeness (QED) is 0.634. The summed E-state index contributed by atoms with van der Waals surface area (Å²) < 4.78 is 11.4. The standard InChI is InChI=1S/C22H27BrN2O4/c1-14(15-10-11-18(23)19(12-15)28-5)25-20(26)17-9-7-6-8-16(17)13-24-21(27)29-22(2,3)4/h6-12,14H,13H2,1-5H3,(H,24,27)(H,25,26). The number of hydrogen-bond acceptors (Lipinski definition) is 4. The van der Waals surface area contributed by atoms with E-state index in [0.29, 0.717) is 16.9 Å². The third kappa shape index (κ3) is 6.78. The van der Waals surface area contributed by atoms with E-state index in [-0.39, 0.29) is 18.5 Å². The second kappa shape index (κ2) is 9.78. The summed E-state index contributed by atoms with van der Waals surface area (Å²) in [7, 11) is 1.60. The molecule has 2 rings (SSSR count). The normalized spacial score (nSPS) is 12.1. The maximum absolute atomic E-state index is 12.8. The maximum Gasteiger partial charge on any atom is 0.407 e. The molecule has 29 heavy (non-hydrogen) atoms. The summed E-state index contributed by atoms with van der Waals surface area (Å²) in [5.74, 6) is 0.478. The van der Waals surface area contributed by atoms with Crippen LogP contribution in [-0.4, -0.2) is 24.7 Å². The molecule has 0 saturated carbocycles. The summed E-state index contributed by atoms with van der Waals surface area (Å²) in [4.78, 5) is 24.8. The highest BCUT2D eigenvalue weighted by Crippen LogP contribution is 2.28. The summed E-state index contributed by atoms with van der Waals surface area (Å²) >= 11 is 3.43. The van der Waals surface area contributed by atoms with Crippen molar-refractivity contribution in [2.45, 2.75) is 45.9 Å². The molecule has 0 fully saturated rings. The second-order valence-corrected chi connectivity index (χ2v) is 8.46. The number of ether oxygens (including phenoxy) is 2. The van der Waals surface area contributed by atoms with Gasteiger partial charge >= 0.3 is 6.09 Å².